The van der Waals surface area contributed by atoms with Crippen LogP contribution in [-0.2, 0) is 9.59 Å². The zero-order chi connectivity index (χ0) is 24.4. The van der Waals surface area contributed by atoms with Gasteiger partial charge in [0.25, 0.3) is 11.1 Å². The fraction of sp³-hybridized carbons (Fsp3) is 0.0417. The number of carbonyl (C=O) groups excluding carboxylic acids is 3. The van der Waals surface area contributed by atoms with E-state index in [1.54, 1.807) is 30.5 Å². The lowest BCUT2D eigenvalue weighted by molar-refractivity contribution is -0.127. The summed E-state index contributed by atoms with van der Waals surface area (Å²) >= 11 is 3.08. The number of nitriles is 1. The second-order valence-electron chi connectivity index (χ2n) is 7.26. The summed E-state index contributed by atoms with van der Waals surface area (Å²) in [5.74, 6) is -0.361. The van der Waals surface area contributed by atoms with E-state index in [2.05, 4.69) is 10.3 Å². The van der Waals surface area contributed by atoms with Crippen molar-refractivity contribution in [2.24, 2.45) is 0 Å². The quantitative estimate of drug-likeness (QED) is 0.193. The molecule has 172 valence electrons. The van der Waals surface area contributed by atoms with Crippen LogP contribution in [0.25, 0.3) is 27.6 Å². The number of amides is 3. The Morgan fingerprint density at radius 2 is 2.09 bits per heavy atom. The van der Waals surface area contributed by atoms with E-state index in [0.29, 0.717) is 16.4 Å². The number of benzene rings is 2. The maximum atomic E-state index is 12.8. The van der Waals surface area contributed by atoms with Crippen LogP contribution in [0, 0.1) is 10.7 Å². The Morgan fingerprint density at radius 1 is 1.20 bits per heavy atom. The lowest BCUT2D eigenvalue weighted by Gasteiger charge is -2.11. The van der Waals surface area contributed by atoms with Crippen LogP contribution in [0.2, 0.25) is 0 Å². The fourth-order valence-electron chi connectivity index (χ4n) is 3.39. The highest BCUT2D eigenvalue weighted by molar-refractivity contribution is 8.18. The molecule has 1 aliphatic heterocycles. The van der Waals surface area contributed by atoms with E-state index in [0.717, 1.165) is 49.1 Å². The van der Waals surface area contributed by atoms with Crippen molar-refractivity contribution in [2.75, 3.05) is 11.9 Å². The zero-order valence-electron chi connectivity index (χ0n) is 17.8. The zero-order valence-corrected chi connectivity index (χ0v) is 20.2. The number of hydrogen-bond acceptors (Lipinski definition) is 9. The molecule has 1 N–H and O–H groups in total. The van der Waals surface area contributed by atoms with Crippen molar-refractivity contribution in [3.63, 3.8) is 0 Å². The van der Waals surface area contributed by atoms with E-state index in [-0.39, 0.29) is 4.91 Å². The van der Waals surface area contributed by atoms with Gasteiger partial charge in [0.1, 0.15) is 17.7 Å². The summed E-state index contributed by atoms with van der Waals surface area (Å²) in [6, 6.07) is 16.4. The van der Waals surface area contributed by atoms with Crippen molar-refractivity contribution in [1.29, 1.82) is 5.26 Å². The molecule has 1 saturated heterocycles. The van der Waals surface area contributed by atoms with Crippen LogP contribution in [0.3, 0.4) is 0 Å². The highest BCUT2D eigenvalue weighted by Gasteiger charge is 2.36. The minimum atomic E-state index is -0.529. The van der Waals surface area contributed by atoms with Crippen LogP contribution in [0.1, 0.15) is 5.56 Å². The largest absolute Gasteiger partial charge is 0.464 e. The SMILES string of the molecule is N#CSc1ccc2nc(NC(=O)CN3C(=O)S/C(=C/c4cccc(-c5ccco5)c4)C3=O)sc2c1. The molecule has 5 rings (SSSR count). The Bertz CT molecular complexity index is 1540. The van der Waals surface area contributed by atoms with E-state index < -0.39 is 23.6 Å². The molecule has 35 heavy (non-hydrogen) atoms. The van der Waals surface area contributed by atoms with Gasteiger partial charge >= 0.3 is 0 Å². The van der Waals surface area contributed by atoms with Gasteiger partial charge in [-0.2, -0.15) is 5.26 Å². The van der Waals surface area contributed by atoms with Crippen molar-refractivity contribution in [3.8, 4) is 16.7 Å². The summed E-state index contributed by atoms with van der Waals surface area (Å²) in [6.45, 7) is -0.417. The van der Waals surface area contributed by atoms with Gasteiger partial charge in [-0.05, 0) is 71.6 Å². The summed E-state index contributed by atoms with van der Waals surface area (Å²) in [6.07, 6.45) is 3.21. The molecule has 2 aromatic heterocycles. The van der Waals surface area contributed by atoms with Gasteiger partial charge in [0.15, 0.2) is 5.13 Å². The number of thiocyanates is 1. The summed E-state index contributed by atoms with van der Waals surface area (Å²) in [5, 5.41) is 13.3. The average Bonchev–Trinajstić information content (AvgIpc) is 3.56. The molecule has 3 amide bonds. The lowest BCUT2D eigenvalue weighted by Crippen LogP contribution is -2.36. The molecule has 2 aromatic carbocycles. The van der Waals surface area contributed by atoms with E-state index in [9.17, 15) is 14.4 Å². The molecule has 1 aliphatic rings. The van der Waals surface area contributed by atoms with Crippen molar-refractivity contribution in [2.45, 2.75) is 4.90 Å². The van der Waals surface area contributed by atoms with Gasteiger partial charge in [0.05, 0.1) is 21.4 Å². The molecule has 0 unspecified atom stereocenters. The van der Waals surface area contributed by atoms with E-state index >= 15 is 0 Å². The van der Waals surface area contributed by atoms with E-state index in [4.69, 9.17) is 9.68 Å². The third-order valence-electron chi connectivity index (χ3n) is 4.94. The number of thioether (sulfide) groups is 2. The maximum absolute atomic E-state index is 12.8. The van der Waals surface area contributed by atoms with Crippen molar-refractivity contribution in [3.05, 3.63) is 71.3 Å². The summed E-state index contributed by atoms with van der Waals surface area (Å²) in [7, 11) is 0. The van der Waals surface area contributed by atoms with Gasteiger partial charge < -0.3 is 9.73 Å². The number of fused-ring (bicyclic) bond motifs is 1. The fourth-order valence-corrected chi connectivity index (χ4v) is 5.64. The van der Waals surface area contributed by atoms with Crippen LogP contribution >= 0.6 is 34.9 Å². The predicted octanol–water partition coefficient (Wildman–Crippen LogP) is 5.80. The first-order valence-electron chi connectivity index (χ1n) is 10.2. The second kappa shape index (κ2) is 9.79. The third-order valence-corrected chi connectivity index (χ3v) is 7.36. The van der Waals surface area contributed by atoms with Crippen molar-refractivity contribution >= 4 is 73.3 Å². The van der Waals surface area contributed by atoms with Gasteiger partial charge in [-0.15, -0.1) is 0 Å². The molecule has 8 nitrogen and oxygen atoms in total. The summed E-state index contributed by atoms with van der Waals surface area (Å²) in [4.78, 5) is 44.1. The van der Waals surface area contributed by atoms with Crippen molar-refractivity contribution < 1.29 is 18.8 Å². The maximum Gasteiger partial charge on any atom is 0.294 e. The Hall–Kier alpha value is -3.85. The number of hydrogen-bond donors (Lipinski definition) is 1. The highest BCUT2D eigenvalue weighted by Crippen LogP contribution is 2.33. The molecule has 0 spiro atoms. The average molecular weight is 519 g/mol. The molecular formula is C24H14N4O4S3. The van der Waals surface area contributed by atoms with Crippen LogP contribution < -0.4 is 5.32 Å². The minimum absolute atomic E-state index is 0.238. The number of imide groups is 1. The number of nitrogens with one attached hydrogen (secondary N) is 1. The predicted molar refractivity (Wildman–Crippen MR) is 137 cm³/mol. The standard InChI is InChI=1S/C24H14N4O4S3/c25-13-33-16-6-7-17-19(11-16)34-23(26-17)27-21(29)12-28-22(30)20(35-24(28)31)10-14-3-1-4-15(9-14)18-5-2-8-32-18/h1-11H,12H2,(H,26,27,29)/b20-10+. The van der Waals surface area contributed by atoms with Gasteiger partial charge in [-0.1, -0.05) is 29.5 Å². The Kier molecular flexibility index (Phi) is 6.41. The lowest BCUT2D eigenvalue weighted by atomic mass is 10.1. The molecule has 4 aromatic rings. The molecule has 11 heteroatoms. The van der Waals surface area contributed by atoms with Crippen LogP contribution in [0.4, 0.5) is 9.93 Å². The first-order valence-corrected chi connectivity index (χ1v) is 12.6. The smallest absolute Gasteiger partial charge is 0.294 e. The number of aromatic nitrogens is 1. The van der Waals surface area contributed by atoms with Gasteiger partial charge in [0.2, 0.25) is 5.91 Å². The summed E-state index contributed by atoms with van der Waals surface area (Å²) < 4.78 is 6.22. The van der Waals surface area contributed by atoms with E-state index in [1.807, 2.05) is 41.8 Å². The first kappa shape index (κ1) is 22.9. The normalized spacial score (nSPS) is 14.6. The Labute approximate surface area is 211 Å². The van der Waals surface area contributed by atoms with Gasteiger partial charge in [-0.3, -0.25) is 19.3 Å². The molecule has 0 saturated carbocycles. The molecule has 0 aliphatic carbocycles. The number of thiazole rings is 1. The number of nitrogens with zero attached hydrogens (tertiary/aromatic N) is 3. The number of carbonyl (C=O) groups is 3. The van der Waals surface area contributed by atoms with E-state index in [1.165, 1.54) is 11.3 Å². The number of furan rings is 1. The van der Waals surface area contributed by atoms with Crippen LogP contribution in [-0.4, -0.2) is 33.5 Å². The molecule has 3 heterocycles. The van der Waals surface area contributed by atoms with Crippen LogP contribution in [0.5, 0.6) is 0 Å². The second-order valence-corrected chi connectivity index (χ2v) is 10.1. The van der Waals surface area contributed by atoms with Gasteiger partial charge in [-0.25, -0.2) is 4.98 Å². The van der Waals surface area contributed by atoms with Crippen LogP contribution in [0.15, 0.2) is 75.1 Å². The minimum Gasteiger partial charge on any atom is -0.464 e. The highest BCUT2D eigenvalue weighted by atomic mass is 32.2. The molecule has 0 bridgehead atoms. The molecule has 1 fully saturated rings. The molecular weight excluding hydrogens is 504 g/mol. The third kappa shape index (κ3) is 5.00. The van der Waals surface area contributed by atoms with Gasteiger partial charge in [0, 0.05) is 10.5 Å². The number of rotatable bonds is 6. The number of anilines is 1. The molecule has 0 atom stereocenters. The molecule has 0 radical (unpaired) electrons. The first-order chi connectivity index (χ1) is 17.0. The van der Waals surface area contributed by atoms with Crippen molar-refractivity contribution in [1.82, 2.24) is 9.88 Å². The monoisotopic (exact) mass is 518 g/mol. The Balaban J connectivity index is 1.27. The summed E-state index contributed by atoms with van der Waals surface area (Å²) in [5.41, 5.74) is 2.26. The topological polar surface area (TPSA) is 116 Å². The Morgan fingerprint density at radius 3 is 2.89 bits per heavy atom.